The number of aryl methyl sites for hydroxylation is 1. The lowest BCUT2D eigenvalue weighted by atomic mass is 10.1. The largest absolute Gasteiger partial charge is 0.481 e. The van der Waals surface area contributed by atoms with Crippen molar-refractivity contribution in [2.45, 2.75) is 52.1 Å². The molecule has 1 unspecified atom stereocenters. The Balaban J connectivity index is 2.39. The molecule has 1 heterocycles. The van der Waals surface area contributed by atoms with E-state index in [0.717, 1.165) is 12.8 Å². The maximum Gasteiger partial charge on any atom is 0.348 e. The summed E-state index contributed by atoms with van der Waals surface area (Å²) in [4.78, 5) is 39.0. The number of carbonyl (C=O) groups is 2. The third-order valence-corrected chi connectivity index (χ3v) is 3.72. The molecule has 1 atom stereocenters. The highest BCUT2D eigenvalue weighted by Crippen LogP contribution is 2.20. The molecule has 1 saturated carbocycles. The number of hydrogen-bond donors (Lipinski definition) is 2. The van der Waals surface area contributed by atoms with Crippen LogP contribution in [0.15, 0.2) is 4.79 Å². The summed E-state index contributed by atoms with van der Waals surface area (Å²) in [5.74, 6) is -1.24. The normalized spacial score (nSPS) is 15.6. The number of carbonyl (C=O) groups excluding carboxylic acids is 1. The van der Waals surface area contributed by atoms with Crippen LogP contribution in [0.3, 0.4) is 0 Å². The molecule has 114 valence electrons. The molecule has 7 nitrogen and oxygen atoms in total. The Morgan fingerprint density at radius 3 is 2.57 bits per heavy atom. The molecule has 0 aromatic carbocycles. The highest BCUT2D eigenvalue weighted by atomic mass is 16.4. The van der Waals surface area contributed by atoms with E-state index in [9.17, 15) is 14.4 Å². The van der Waals surface area contributed by atoms with Crippen LogP contribution in [0.4, 0.5) is 0 Å². The van der Waals surface area contributed by atoms with Crippen molar-refractivity contribution in [3.8, 4) is 0 Å². The van der Waals surface area contributed by atoms with Gasteiger partial charge in [-0.3, -0.25) is 14.2 Å². The van der Waals surface area contributed by atoms with Gasteiger partial charge in [0, 0.05) is 23.0 Å². The lowest BCUT2D eigenvalue weighted by Gasteiger charge is -2.20. The van der Waals surface area contributed by atoms with Crippen LogP contribution in [0.25, 0.3) is 0 Å². The van der Waals surface area contributed by atoms with Crippen molar-refractivity contribution in [2.24, 2.45) is 0 Å². The van der Waals surface area contributed by atoms with Crippen LogP contribution in [-0.2, 0) is 16.0 Å². The quantitative estimate of drug-likeness (QED) is 0.814. The number of carboxylic acids is 1. The summed E-state index contributed by atoms with van der Waals surface area (Å²) < 4.78 is 1.27. The Bertz CT molecular complexity index is 646. The molecular formula is C14H19N3O4. The fourth-order valence-corrected chi connectivity index (χ4v) is 2.35. The van der Waals surface area contributed by atoms with Crippen molar-refractivity contribution in [1.29, 1.82) is 0 Å². The summed E-state index contributed by atoms with van der Waals surface area (Å²) in [5.41, 5.74) is 0.824. The summed E-state index contributed by atoms with van der Waals surface area (Å²) in [6, 6.07) is -0.508. The molecule has 1 aliphatic carbocycles. The number of nitrogens with zero attached hydrogens (tertiary/aromatic N) is 2. The number of amides is 1. The number of hydrogen-bond acceptors (Lipinski definition) is 4. The molecule has 7 heteroatoms. The number of nitrogens with one attached hydrogen (secondary N) is 1. The lowest BCUT2D eigenvalue weighted by Crippen LogP contribution is -2.39. The van der Waals surface area contributed by atoms with E-state index >= 15 is 0 Å². The number of rotatable bonds is 5. The Kier molecular flexibility index (Phi) is 4.11. The van der Waals surface area contributed by atoms with Crippen LogP contribution >= 0.6 is 0 Å². The van der Waals surface area contributed by atoms with Crippen LogP contribution in [0.2, 0.25) is 0 Å². The van der Waals surface area contributed by atoms with Crippen LogP contribution < -0.4 is 11.0 Å². The topological polar surface area (TPSA) is 101 Å². The van der Waals surface area contributed by atoms with Crippen LogP contribution in [-0.4, -0.2) is 32.6 Å². The number of aromatic nitrogens is 2. The first-order chi connectivity index (χ1) is 9.81. The van der Waals surface area contributed by atoms with Gasteiger partial charge in [0.05, 0.1) is 6.42 Å². The molecule has 2 rings (SSSR count). The van der Waals surface area contributed by atoms with Crippen molar-refractivity contribution in [3.63, 3.8) is 0 Å². The minimum absolute atomic E-state index is 0.202. The highest BCUT2D eigenvalue weighted by Gasteiger charge is 2.28. The SMILES string of the molecule is Cc1nc(=O)n(C(C)C(=O)NC2CC2)c(C)c1CC(=O)O. The monoisotopic (exact) mass is 293 g/mol. The molecule has 21 heavy (non-hydrogen) atoms. The highest BCUT2D eigenvalue weighted by molar-refractivity contribution is 5.80. The molecular weight excluding hydrogens is 274 g/mol. The van der Waals surface area contributed by atoms with Crippen molar-refractivity contribution in [1.82, 2.24) is 14.9 Å². The van der Waals surface area contributed by atoms with E-state index in [1.165, 1.54) is 4.57 Å². The summed E-state index contributed by atoms with van der Waals surface area (Å²) in [6.07, 6.45) is 1.70. The van der Waals surface area contributed by atoms with Crippen molar-refractivity contribution < 1.29 is 14.7 Å². The zero-order chi connectivity index (χ0) is 15.7. The second-order valence-electron chi connectivity index (χ2n) is 5.44. The zero-order valence-electron chi connectivity index (χ0n) is 12.3. The Morgan fingerprint density at radius 2 is 2.05 bits per heavy atom. The molecule has 0 aliphatic heterocycles. The fraction of sp³-hybridized carbons (Fsp3) is 0.571. The van der Waals surface area contributed by atoms with Crippen molar-refractivity contribution in [3.05, 3.63) is 27.4 Å². The molecule has 1 aromatic rings. The third kappa shape index (κ3) is 3.29. The van der Waals surface area contributed by atoms with Crippen molar-refractivity contribution in [2.75, 3.05) is 0 Å². The first-order valence-corrected chi connectivity index (χ1v) is 6.92. The van der Waals surface area contributed by atoms with Gasteiger partial charge in [-0.15, -0.1) is 0 Å². The Morgan fingerprint density at radius 1 is 1.43 bits per heavy atom. The van der Waals surface area contributed by atoms with Crippen LogP contribution in [0.1, 0.15) is 42.8 Å². The molecule has 1 amide bonds. The third-order valence-electron chi connectivity index (χ3n) is 3.72. The van der Waals surface area contributed by atoms with E-state index in [-0.39, 0.29) is 18.4 Å². The van der Waals surface area contributed by atoms with Gasteiger partial charge in [0.1, 0.15) is 6.04 Å². The summed E-state index contributed by atoms with van der Waals surface area (Å²) in [6.45, 7) is 4.87. The smallest absolute Gasteiger partial charge is 0.348 e. The van der Waals surface area contributed by atoms with Gasteiger partial charge in [0.15, 0.2) is 0 Å². The lowest BCUT2D eigenvalue weighted by molar-refractivity contribution is -0.136. The maximum absolute atomic E-state index is 12.1. The minimum atomic E-state index is -0.997. The van der Waals surface area contributed by atoms with Gasteiger partial charge in [-0.2, -0.15) is 4.98 Å². The summed E-state index contributed by atoms with van der Waals surface area (Å²) >= 11 is 0. The predicted octanol–water partition coefficient (Wildman–Crippen LogP) is 0.327. The van der Waals surface area contributed by atoms with Gasteiger partial charge in [-0.25, -0.2) is 4.79 Å². The second kappa shape index (κ2) is 5.67. The average Bonchev–Trinajstić information content (AvgIpc) is 3.17. The van der Waals surface area contributed by atoms with E-state index in [0.29, 0.717) is 17.0 Å². The minimum Gasteiger partial charge on any atom is -0.481 e. The molecule has 1 fully saturated rings. The molecule has 2 N–H and O–H groups in total. The Hall–Kier alpha value is -2.18. The molecule has 0 saturated heterocycles. The maximum atomic E-state index is 12.1. The van der Waals surface area contributed by atoms with Crippen molar-refractivity contribution >= 4 is 11.9 Å². The van der Waals surface area contributed by atoms with Gasteiger partial charge < -0.3 is 10.4 Å². The van der Waals surface area contributed by atoms with Gasteiger partial charge in [-0.1, -0.05) is 0 Å². The van der Waals surface area contributed by atoms with Gasteiger partial charge >= 0.3 is 11.7 Å². The van der Waals surface area contributed by atoms with E-state index < -0.39 is 17.7 Å². The van der Waals surface area contributed by atoms with Gasteiger partial charge in [-0.05, 0) is 33.6 Å². The molecule has 0 spiro atoms. The first-order valence-electron chi connectivity index (χ1n) is 6.92. The number of carboxylic acid groups (broad SMARTS) is 1. The van der Waals surface area contributed by atoms with E-state index in [1.54, 1.807) is 20.8 Å². The Labute approximate surface area is 122 Å². The first kappa shape index (κ1) is 15.2. The standard InChI is InChI=1S/C14H19N3O4/c1-7-11(6-12(18)19)8(2)17(14(21)15-7)9(3)13(20)16-10-4-5-10/h9-10H,4-6H2,1-3H3,(H,16,20)(H,18,19). The van der Waals surface area contributed by atoms with E-state index in [1.807, 2.05) is 0 Å². The second-order valence-corrected chi connectivity index (χ2v) is 5.44. The molecule has 0 radical (unpaired) electrons. The predicted molar refractivity (Wildman–Crippen MR) is 75.2 cm³/mol. The molecule has 0 bridgehead atoms. The van der Waals surface area contributed by atoms with E-state index in [2.05, 4.69) is 10.3 Å². The van der Waals surface area contributed by atoms with E-state index in [4.69, 9.17) is 5.11 Å². The summed E-state index contributed by atoms with van der Waals surface area (Å²) in [7, 11) is 0. The van der Waals surface area contributed by atoms with Crippen LogP contribution in [0.5, 0.6) is 0 Å². The summed E-state index contributed by atoms with van der Waals surface area (Å²) in [5, 5.41) is 11.8. The van der Waals surface area contributed by atoms with Gasteiger partial charge in [0.25, 0.3) is 0 Å². The number of aliphatic carboxylic acids is 1. The van der Waals surface area contributed by atoms with Gasteiger partial charge in [0.2, 0.25) is 5.91 Å². The zero-order valence-corrected chi connectivity index (χ0v) is 12.3. The molecule has 1 aromatic heterocycles. The fourth-order valence-electron chi connectivity index (χ4n) is 2.35. The average molecular weight is 293 g/mol. The van der Waals surface area contributed by atoms with Crippen LogP contribution in [0, 0.1) is 13.8 Å². The molecule has 1 aliphatic rings.